The molecule has 0 fully saturated rings. The molecule has 1 rings (SSSR count). The maximum Gasteiger partial charge on any atom is 0.0615 e. The number of aliphatic hydroxyl groups is 1. The Kier molecular flexibility index (Phi) is 3.60. The van der Waals surface area contributed by atoms with E-state index in [9.17, 15) is 0 Å². The van der Waals surface area contributed by atoms with Crippen LogP contribution in [0.4, 0.5) is 0 Å². The molecule has 0 aliphatic heterocycles. The molecule has 0 amide bonds. The van der Waals surface area contributed by atoms with Crippen LogP contribution in [0.2, 0.25) is 10.0 Å². The van der Waals surface area contributed by atoms with Gasteiger partial charge in [0.05, 0.1) is 6.61 Å². The van der Waals surface area contributed by atoms with Crippen LogP contribution < -0.4 is 0 Å². The van der Waals surface area contributed by atoms with Crippen molar-refractivity contribution in [3.05, 3.63) is 39.9 Å². The van der Waals surface area contributed by atoms with Crippen molar-refractivity contribution in [3.63, 3.8) is 0 Å². The Bertz CT molecular complexity index is 295. The van der Waals surface area contributed by atoms with E-state index >= 15 is 0 Å². The second-order valence-electron chi connectivity index (χ2n) is 2.25. The van der Waals surface area contributed by atoms with Gasteiger partial charge in [-0.1, -0.05) is 35.4 Å². The van der Waals surface area contributed by atoms with Gasteiger partial charge in [-0.05, 0) is 23.8 Å². The molecule has 1 aromatic rings. The molecule has 3 heteroatoms. The number of hydrogen-bond donors (Lipinski definition) is 1. The summed E-state index contributed by atoms with van der Waals surface area (Å²) in [5.41, 5.74) is 0.818. The van der Waals surface area contributed by atoms with Crippen LogP contribution in [0.25, 0.3) is 6.08 Å². The second-order valence-corrected chi connectivity index (χ2v) is 3.09. The van der Waals surface area contributed by atoms with Crippen LogP contribution in [0.15, 0.2) is 24.3 Å². The highest BCUT2D eigenvalue weighted by Gasteiger charge is 1.96. The Morgan fingerprint density at radius 2 is 2.08 bits per heavy atom. The fourth-order valence-electron chi connectivity index (χ4n) is 0.822. The predicted octanol–water partition coefficient (Wildman–Crippen LogP) is 3.00. The zero-order chi connectivity index (χ0) is 8.97. The van der Waals surface area contributed by atoms with E-state index in [-0.39, 0.29) is 6.61 Å². The maximum absolute atomic E-state index is 8.52. The van der Waals surface area contributed by atoms with Crippen molar-refractivity contribution in [1.29, 1.82) is 0 Å². The van der Waals surface area contributed by atoms with Gasteiger partial charge in [-0.2, -0.15) is 0 Å². The summed E-state index contributed by atoms with van der Waals surface area (Å²) in [6.45, 7) is 0.00282. The van der Waals surface area contributed by atoms with Gasteiger partial charge in [0.1, 0.15) is 0 Å². The average molecular weight is 203 g/mol. The summed E-state index contributed by atoms with van der Waals surface area (Å²) in [6.07, 6.45) is 3.34. The van der Waals surface area contributed by atoms with E-state index in [1.165, 1.54) is 0 Å². The van der Waals surface area contributed by atoms with Gasteiger partial charge in [-0.15, -0.1) is 0 Å². The Balaban J connectivity index is 2.97. The van der Waals surface area contributed by atoms with Crippen molar-refractivity contribution in [1.82, 2.24) is 0 Å². The Morgan fingerprint density at radius 3 is 2.75 bits per heavy atom. The fraction of sp³-hybridized carbons (Fsp3) is 0.111. The first-order valence-electron chi connectivity index (χ1n) is 3.46. The summed E-state index contributed by atoms with van der Waals surface area (Å²) in [4.78, 5) is 0. The summed E-state index contributed by atoms with van der Waals surface area (Å²) in [7, 11) is 0. The Morgan fingerprint density at radius 1 is 1.33 bits per heavy atom. The van der Waals surface area contributed by atoms with Crippen LogP contribution in [0, 0.1) is 0 Å². The lowest BCUT2D eigenvalue weighted by atomic mass is 10.2. The third-order valence-corrected chi connectivity index (χ3v) is 1.94. The molecule has 0 spiro atoms. The highest BCUT2D eigenvalue weighted by molar-refractivity contribution is 6.34. The minimum atomic E-state index is 0.00282. The zero-order valence-electron chi connectivity index (χ0n) is 6.30. The van der Waals surface area contributed by atoms with E-state index in [0.717, 1.165) is 5.56 Å². The van der Waals surface area contributed by atoms with E-state index in [4.69, 9.17) is 28.3 Å². The molecule has 0 aliphatic carbocycles. The fourth-order valence-corrected chi connectivity index (χ4v) is 1.18. The molecule has 0 saturated heterocycles. The van der Waals surface area contributed by atoms with Crippen molar-refractivity contribution in [2.24, 2.45) is 0 Å². The van der Waals surface area contributed by atoms with Gasteiger partial charge in [0.25, 0.3) is 0 Å². The Labute approximate surface area is 81.2 Å². The molecule has 0 radical (unpaired) electrons. The van der Waals surface area contributed by atoms with E-state index in [1.807, 2.05) is 0 Å². The molecule has 0 aliphatic rings. The third-order valence-electron chi connectivity index (χ3n) is 1.36. The van der Waals surface area contributed by atoms with Gasteiger partial charge in [0.15, 0.2) is 0 Å². The average Bonchev–Trinajstić information content (AvgIpc) is 2.07. The van der Waals surface area contributed by atoms with Crippen molar-refractivity contribution >= 4 is 29.3 Å². The van der Waals surface area contributed by atoms with Crippen LogP contribution in [0.1, 0.15) is 5.56 Å². The number of rotatable bonds is 2. The molecule has 0 bridgehead atoms. The smallest absolute Gasteiger partial charge is 0.0615 e. The van der Waals surface area contributed by atoms with E-state index in [1.54, 1.807) is 30.4 Å². The lowest BCUT2D eigenvalue weighted by molar-refractivity contribution is 0.343. The van der Waals surface area contributed by atoms with Crippen molar-refractivity contribution in [2.75, 3.05) is 6.61 Å². The molecule has 1 nitrogen and oxygen atoms in total. The summed E-state index contributed by atoms with van der Waals surface area (Å²) in [6, 6.07) is 5.19. The van der Waals surface area contributed by atoms with Crippen molar-refractivity contribution in [3.8, 4) is 0 Å². The lowest BCUT2D eigenvalue weighted by Crippen LogP contribution is -1.76. The lowest BCUT2D eigenvalue weighted by Gasteiger charge is -1.97. The number of hydrogen-bond acceptors (Lipinski definition) is 1. The normalized spacial score (nSPS) is 10.9. The van der Waals surface area contributed by atoms with Crippen LogP contribution in [-0.4, -0.2) is 11.7 Å². The Hall–Kier alpha value is -0.500. The molecule has 12 heavy (non-hydrogen) atoms. The third kappa shape index (κ3) is 2.52. The largest absolute Gasteiger partial charge is 0.392 e. The molecule has 0 atom stereocenters. The monoisotopic (exact) mass is 202 g/mol. The minimum absolute atomic E-state index is 0.00282. The van der Waals surface area contributed by atoms with Crippen LogP contribution in [0.5, 0.6) is 0 Å². The first kappa shape index (κ1) is 9.59. The predicted molar refractivity (Wildman–Crippen MR) is 52.6 cm³/mol. The van der Waals surface area contributed by atoms with Gasteiger partial charge in [-0.25, -0.2) is 0 Å². The van der Waals surface area contributed by atoms with Gasteiger partial charge in [-0.3, -0.25) is 0 Å². The van der Waals surface area contributed by atoms with E-state index in [2.05, 4.69) is 0 Å². The van der Waals surface area contributed by atoms with Crippen molar-refractivity contribution < 1.29 is 5.11 Å². The molecule has 0 aromatic heterocycles. The highest BCUT2D eigenvalue weighted by Crippen LogP contribution is 2.21. The summed E-state index contributed by atoms with van der Waals surface area (Å²) >= 11 is 11.6. The highest BCUT2D eigenvalue weighted by atomic mass is 35.5. The minimum Gasteiger partial charge on any atom is -0.392 e. The molecular formula is C9H8Cl2O. The van der Waals surface area contributed by atoms with E-state index < -0.39 is 0 Å². The SMILES string of the molecule is OCC=Cc1cc(Cl)ccc1Cl. The zero-order valence-corrected chi connectivity index (χ0v) is 7.81. The van der Waals surface area contributed by atoms with Gasteiger partial charge in [0.2, 0.25) is 0 Å². The summed E-state index contributed by atoms with van der Waals surface area (Å²) < 4.78 is 0. The summed E-state index contributed by atoms with van der Waals surface area (Å²) in [5.74, 6) is 0. The first-order valence-corrected chi connectivity index (χ1v) is 4.22. The number of halogens is 2. The molecule has 64 valence electrons. The summed E-state index contributed by atoms with van der Waals surface area (Å²) in [5, 5.41) is 9.79. The first-order chi connectivity index (χ1) is 5.74. The standard InChI is InChI=1S/C9H8Cl2O/c10-8-3-4-9(11)7(6-8)2-1-5-12/h1-4,6,12H,5H2. The molecule has 0 unspecified atom stereocenters. The maximum atomic E-state index is 8.52. The molecule has 1 aromatic carbocycles. The van der Waals surface area contributed by atoms with Gasteiger partial charge in [0, 0.05) is 10.0 Å². The quantitative estimate of drug-likeness (QED) is 0.783. The number of aliphatic hydroxyl groups excluding tert-OH is 1. The van der Waals surface area contributed by atoms with Crippen LogP contribution >= 0.6 is 23.2 Å². The molecular weight excluding hydrogens is 195 g/mol. The second kappa shape index (κ2) is 4.51. The topological polar surface area (TPSA) is 20.2 Å². The van der Waals surface area contributed by atoms with Crippen LogP contribution in [0.3, 0.4) is 0 Å². The molecule has 0 heterocycles. The van der Waals surface area contributed by atoms with Gasteiger partial charge >= 0.3 is 0 Å². The number of benzene rings is 1. The molecule has 1 N–H and O–H groups in total. The van der Waals surface area contributed by atoms with Crippen LogP contribution in [-0.2, 0) is 0 Å². The molecule has 0 saturated carbocycles. The van der Waals surface area contributed by atoms with Crippen molar-refractivity contribution in [2.45, 2.75) is 0 Å². The van der Waals surface area contributed by atoms with Gasteiger partial charge < -0.3 is 5.11 Å². The van der Waals surface area contributed by atoms with E-state index in [0.29, 0.717) is 10.0 Å².